The van der Waals surface area contributed by atoms with Crippen molar-refractivity contribution in [2.45, 2.75) is 39.2 Å². The molecule has 0 fully saturated rings. The van der Waals surface area contributed by atoms with Crippen molar-refractivity contribution in [2.24, 2.45) is 0 Å². The molecule has 1 unspecified atom stereocenters. The highest BCUT2D eigenvalue weighted by Crippen LogP contribution is 2.42. The molecule has 1 aliphatic heterocycles. The van der Waals surface area contributed by atoms with E-state index in [0.717, 1.165) is 19.3 Å². The van der Waals surface area contributed by atoms with Crippen LogP contribution in [0.25, 0.3) is 11.0 Å². The van der Waals surface area contributed by atoms with E-state index in [-0.39, 0.29) is 22.5 Å². The number of hydrogen-bond acceptors (Lipinski definition) is 5. The first kappa shape index (κ1) is 24.8. The normalized spacial score (nSPS) is 14.7. The second-order valence-electron chi connectivity index (χ2n) is 9.12. The molecule has 0 N–H and O–H groups in total. The molecule has 0 saturated carbocycles. The summed E-state index contributed by atoms with van der Waals surface area (Å²) in [4.78, 5) is 40.9. The molecule has 0 aliphatic carbocycles. The second-order valence-corrected chi connectivity index (χ2v) is 9.56. The van der Waals surface area contributed by atoms with Crippen molar-refractivity contribution >= 4 is 39.9 Å². The van der Waals surface area contributed by atoms with Crippen LogP contribution in [-0.4, -0.2) is 18.3 Å². The maximum absolute atomic E-state index is 13.8. The Morgan fingerprint density at radius 1 is 1.03 bits per heavy atom. The number of amides is 1. The summed E-state index contributed by atoms with van der Waals surface area (Å²) in [5.41, 5.74) is 2.02. The topological polar surface area (TPSA) is 76.8 Å². The molecule has 37 heavy (non-hydrogen) atoms. The van der Waals surface area contributed by atoms with Crippen molar-refractivity contribution in [3.05, 3.63) is 104 Å². The van der Waals surface area contributed by atoms with Crippen LogP contribution < -0.4 is 15.1 Å². The fourth-order valence-electron chi connectivity index (χ4n) is 4.70. The predicted molar refractivity (Wildman–Crippen MR) is 144 cm³/mol. The average Bonchev–Trinajstić information content (AvgIpc) is 3.19. The molecule has 4 aromatic rings. The summed E-state index contributed by atoms with van der Waals surface area (Å²) in [6.45, 7) is 4.20. The van der Waals surface area contributed by atoms with Gasteiger partial charge in [-0.1, -0.05) is 43.5 Å². The zero-order chi connectivity index (χ0) is 26.1. The molecular weight excluding hydrogens is 490 g/mol. The number of benzene rings is 3. The second kappa shape index (κ2) is 10.2. The molecule has 188 valence electrons. The lowest BCUT2D eigenvalue weighted by molar-refractivity contribution is 0.0970. The molecule has 3 aromatic carbocycles. The van der Waals surface area contributed by atoms with Crippen LogP contribution >= 0.6 is 11.6 Å². The van der Waals surface area contributed by atoms with E-state index in [9.17, 15) is 14.4 Å². The Labute approximate surface area is 219 Å². The number of nitrogens with zero attached hydrogens (tertiary/aromatic N) is 1. The maximum atomic E-state index is 13.8. The van der Waals surface area contributed by atoms with Crippen LogP contribution in [0.5, 0.6) is 5.75 Å². The van der Waals surface area contributed by atoms with E-state index in [1.165, 1.54) is 11.8 Å². The van der Waals surface area contributed by atoms with Crippen molar-refractivity contribution in [3.8, 4) is 5.75 Å². The Morgan fingerprint density at radius 3 is 2.54 bits per heavy atom. The first-order chi connectivity index (χ1) is 17.9. The number of ether oxygens (including phenoxy) is 1. The van der Waals surface area contributed by atoms with E-state index in [4.69, 9.17) is 20.8 Å². The Balaban J connectivity index is 1.66. The standard InChI is InChI=1S/C30H26ClNO5/c1-3-4-5-15-36-23-8-6-7-20(16-23)27-26-28(34)24-17-21(31)11-14-25(24)37-29(26)30(35)32(27)22-12-9-19(10-13-22)18(2)33/h6-14,16-17,27H,3-5,15H2,1-2H3. The summed E-state index contributed by atoms with van der Waals surface area (Å²) in [6, 6.07) is 18.2. The van der Waals surface area contributed by atoms with Gasteiger partial charge < -0.3 is 9.15 Å². The fraction of sp³-hybridized carbons (Fsp3) is 0.233. The fourth-order valence-corrected chi connectivity index (χ4v) is 4.87. The Bertz CT molecular complexity index is 1560. The number of halogens is 1. The average molecular weight is 516 g/mol. The van der Waals surface area contributed by atoms with Gasteiger partial charge in [0, 0.05) is 16.3 Å². The zero-order valence-electron chi connectivity index (χ0n) is 20.6. The Kier molecular flexibility index (Phi) is 6.85. The van der Waals surface area contributed by atoms with Crippen molar-refractivity contribution in [1.82, 2.24) is 0 Å². The van der Waals surface area contributed by atoms with Crippen LogP contribution in [-0.2, 0) is 0 Å². The SMILES string of the molecule is CCCCCOc1cccc(C2c3c(oc4ccc(Cl)cc4c3=O)C(=O)N2c2ccc(C(C)=O)cc2)c1. The third kappa shape index (κ3) is 4.65. The molecule has 2 heterocycles. The van der Waals surface area contributed by atoms with Gasteiger partial charge in [0.25, 0.3) is 5.91 Å². The number of carbonyl (C=O) groups is 2. The van der Waals surface area contributed by atoms with E-state index < -0.39 is 11.9 Å². The van der Waals surface area contributed by atoms with Gasteiger partial charge in [-0.05, 0) is 73.5 Å². The highest BCUT2D eigenvalue weighted by molar-refractivity contribution is 6.31. The Hall–Kier alpha value is -3.90. The Morgan fingerprint density at radius 2 is 1.81 bits per heavy atom. The molecule has 0 bridgehead atoms. The molecule has 1 aliphatic rings. The summed E-state index contributed by atoms with van der Waals surface area (Å²) in [5, 5.41) is 0.713. The van der Waals surface area contributed by atoms with Gasteiger partial charge in [0.2, 0.25) is 5.76 Å². The third-order valence-corrected chi connectivity index (χ3v) is 6.81. The van der Waals surface area contributed by atoms with Gasteiger partial charge in [-0.2, -0.15) is 0 Å². The summed E-state index contributed by atoms with van der Waals surface area (Å²) in [6.07, 6.45) is 3.11. The number of hydrogen-bond donors (Lipinski definition) is 0. The summed E-state index contributed by atoms with van der Waals surface area (Å²) >= 11 is 6.18. The lowest BCUT2D eigenvalue weighted by Crippen LogP contribution is -2.29. The van der Waals surface area contributed by atoms with Crippen LogP contribution in [0, 0.1) is 0 Å². The largest absolute Gasteiger partial charge is 0.494 e. The molecule has 7 heteroatoms. The lowest BCUT2D eigenvalue weighted by Gasteiger charge is -2.25. The highest BCUT2D eigenvalue weighted by atomic mass is 35.5. The minimum absolute atomic E-state index is 0.00488. The minimum Gasteiger partial charge on any atom is -0.494 e. The first-order valence-corrected chi connectivity index (χ1v) is 12.7. The monoisotopic (exact) mass is 515 g/mol. The maximum Gasteiger partial charge on any atom is 0.295 e. The smallest absolute Gasteiger partial charge is 0.295 e. The first-order valence-electron chi connectivity index (χ1n) is 12.3. The molecule has 1 aromatic heterocycles. The van der Waals surface area contributed by atoms with Crippen LogP contribution in [0.15, 0.2) is 75.9 Å². The van der Waals surface area contributed by atoms with Gasteiger partial charge in [0.15, 0.2) is 11.2 Å². The van der Waals surface area contributed by atoms with E-state index >= 15 is 0 Å². The van der Waals surface area contributed by atoms with E-state index in [1.807, 2.05) is 24.3 Å². The van der Waals surface area contributed by atoms with Crippen LogP contribution in [0.1, 0.15) is 71.2 Å². The van der Waals surface area contributed by atoms with Gasteiger partial charge in [0.05, 0.1) is 23.6 Å². The van der Waals surface area contributed by atoms with Crippen molar-refractivity contribution < 1.29 is 18.7 Å². The molecule has 0 saturated heterocycles. The van der Waals surface area contributed by atoms with Gasteiger partial charge >= 0.3 is 0 Å². The van der Waals surface area contributed by atoms with Crippen LogP contribution in [0.3, 0.4) is 0 Å². The summed E-state index contributed by atoms with van der Waals surface area (Å²) < 4.78 is 12.0. The predicted octanol–water partition coefficient (Wildman–Crippen LogP) is 6.97. The summed E-state index contributed by atoms with van der Waals surface area (Å²) in [5.74, 6) is 0.148. The van der Waals surface area contributed by atoms with Crippen molar-refractivity contribution in [1.29, 1.82) is 0 Å². The van der Waals surface area contributed by atoms with Gasteiger partial charge in [-0.3, -0.25) is 19.3 Å². The minimum atomic E-state index is -0.746. The van der Waals surface area contributed by atoms with E-state index in [2.05, 4.69) is 6.92 Å². The number of anilines is 1. The zero-order valence-corrected chi connectivity index (χ0v) is 21.4. The number of ketones is 1. The molecule has 0 spiro atoms. The van der Waals surface area contributed by atoms with E-state index in [0.29, 0.717) is 45.2 Å². The molecule has 0 radical (unpaired) electrons. The third-order valence-electron chi connectivity index (χ3n) is 6.57. The quantitative estimate of drug-likeness (QED) is 0.187. The number of fused-ring (bicyclic) bond motifs is 2. The molecule has 1 atom stereocenters. The van der Waals surface area contributed by atoms with E-state index in [1.54, 1.807) is 42.5 Å². The number of carbonyl (C=O) groups excluding carboxylic acids is 2. The number of Topliss-reactive ketones (excluding diaryl/α,β-unsaturated/α-hetero) is 1. The van der Waals surface area contributed by atoms with Gasteiger partial charge in [-0.15, -0.1) is 0 Å². The van der Waals surface area contributed by atoms with Crippen LogP contribution in [0.2, 0.25) is 5.02 Å². The van der Waals surface area contributed by atoms with Crippen molar-refractivity contribution in [2.75, 3.05) is 11.5 Å². The van der Waals surface area contributed by atoms with Gasteiger partial charge in [0.1, 0.15) is 11.3 Å². The van der Waals surface area contributed by atoms with Crippen LogP contribution in [0.4, 0.5) is 5.69 Å². The number of rotatable bonds is 8. The molecule has 6 nitrogen and oxygen atoms in total. The highest BCUT2D eigenvalue weighted by Gasteiger charge is 2.43. The van der Waals surface area contributed by atoms with Crippen molar-refractivity contribution in [3.63, 3.8) is 0 Å². The molecule has 5 rings (SSSR count). The van der Waals surface area contributed by atoms with Gasteiger partial charge in [-0.25, -0.2) is 0 Å². The molecule has 1 amide bonds. The molecular formula is C30H26ClNO5. The lowest BCUT2D eigenvalue weighted by atomic mass is 9.98. The number of unbranched alkanes of at least 4 members (excludes halogenated alkanes) is 2. The summed E-state index contributed by atoms with van der Waals surface area (Å²) in [7, 11) is 0.